The van der Waals surface area contributed by atoms with E-state index in [2.05, 4.69) is 5.32 Å². The van der Waals surface area contributed by atoms with Crippen molar-refractivity contribution in [2.45, 2.75) is 6.42 Å². The van der Waals surface area contributed by atoms with Crippen LogP contribution in [0, 0.1) is 17.1 Å². The molecule has 3 aromatic carbocycles. The Bertz CT molecular complexity index is 1150. The van der Waals surface area contributed by atoms with Crippen LogP contribution in [0.5, 0.6) is 5.75 Å². The molecule has 0 fully saturated rings. The second-order valence-corrected chi connectivity index (χ2v) is 6.85. The van der Waals surface area contributed by atoms with Crippen molar-refractivity contribution in [1.82, 2.24) is 0 Å². The zero-order valence-electron chi connectivity index (χ0n) is 16.2. The number of para-hydroxylation sites is 1. The molecule has 1 amide bonds. The first kappa shape index (κ1) is 21.1. The Morgan fingerprint density at radius 1 is 1.13 bits per heavy atom. The molecule has 0 aliphatic carbocycles. The summed E-state index contributed by atoms with van der Waals surface area (Å²) >= 11 is 6.24. The number of hydrogen-bond acceptors (Lipinski definition) is 3. The highest BCUT2D eigenvalue weighted by atomic mass is 35.5. The number of methoxy groups -OCH3 is 1. The van der Waals surface area contributed by atoms with Gasteiger partial charge in [0.25, 0.3) is 5.91 Å². The molecule has 3 aromatic rings. The number of nitrogens with one attached hydrogen (secondary N) is 1. The fourth-order valence-corrected chi connectivity index (χ4v) is 3.11. The highest BCUT2D eigenvalue weighted by molar-refractivity contribution is 6.31. The van der Waals surface area contributed by atoms with Gasteiger partial charge in [0.1, 0.15) is 23.2 Å². The van der Waals surface area contributed by atoms with E-state index in [9.17, 15) is 14.4 Å². The van der Waals surface area contributed by atoms with Gasteiger partial charge in [-0.25, -0.2) is 4.39 Å². The predicted octanol–water partition coefficient (Wildman–Crippen LogP) is 5.62. The first-order valence-corrected chi connectivity index (χ1v) is 9.47. The van der Waals surface area contributed by atoms with Crippen LogP contribution in [0.25, 0.3) is 6.08 Å². The zero-order chi connectivity index (χ0) is 21.5. The van der Waals surface area contributed by atoms with Gasteiger partial charge in [-0.05, 0) is 47.0 Å². The molecule has 30 heavy (non-hydrogen) atoms. The quantitative estimate of drug-likeness (QED) is 0.415. The lowest BCUT2D eigenvalue weighted by atomic mass is 10.0. The lowest BCUT2D eigenvalue weighted by Gasteiger charge is -2.11. The third kappa shape index (κ3) is 5.05. The van der Waals surface area contributed by atoms with Crippen LogP contribution in [-0.4, -0.2) is 13.0 Å². The van der Waals surface area contributed by atoms with Crippen LogP contribution in [0.4, 0.5) is 10.1 Å². The van der Waals surface area contributed by atoms with Gasteiger partial charge < -0.3 is 10.1 Å². The molecule has 0 bridgehead atoms. The third-order valence-electron chi connectivity index (χ3n) is 4.45. The summed E-state index contributed by atoms with van der Waals surface area (Å²) in [6.07, 6.45) is 2.00. The number of rotatable bonds is 6. The minimum atomic E-state index is -0.693. The average Bonchev–Trinajstić information content (AvgIpc) is 2.76. The molecule has 0 saturated heterocycles. The highest BCUT2D eigenvalue weighted by Gasteiger charge is 2.13. The van der Waals surface area contributed by atoms with Gasteiger partial charge >= 0.3 is 0 Å². The molecular weight excluding hydrogens is 403 g/mol. The number of nitrogens with zero attached hydrogens (tertiary/aromatic N) is 1. The second-order valence-electron chi connectivity index (χ2n) is 6.44. The number of benzene rings is 3. The van der Waals surface area contributed by atoms with E-state index in [1.807, 2.05) is 36.4 Å². The Labute approximate surface area is 179 Å². The SMILES string of the molecule is COc1cc(/C=C(\C#N)C(=O)Nc2ccccc2F)ccc1Cc1ccccc1Cl. The van der Waals surface area contributed by atoms with E-state index in [0.29, 0.717) is 22.8 Å². The molecule has 3 rings (SSSR count). The molecule has 0 radical (unpaired) electrons. The Balaban J connectivity index is 1.84. The summed E-state index contributed by atoms with van der Waals surface area (Å²) in [6.45, 7) is 0. The van der Waals surface area contributed by atoms with Gasteiger partial charge in [-0.15, -0.1) is 0 Å². The molecule has 0 heterocycles. The lowest BCUT2D eigenvalue weighted by molar-refractivity contribution is -0.112. The Morgan fingerprint density at radius 3 is 2.57 bits per heavy atom. The van der Waals surface area contributed by atoms with Gasteiger partial charge in [0.2, 0.25) is 0 Å². The topological polar surface area (TPSA) is 62.1 Å². The van der Waals surface area contributed by atoms with Gasteiger partial charge in [-0.2, -0.15) is 5.26 Å². The van der Waals surface area contributed by atoms with Crippen molar-refractivity contribution in [3.05, 3.63) is 99.8 Å². The number of halogens is 2. The van der Waals surface area contributed by atoms with E-state index in [4.69, 9.17) is 16.3 Å². The fraction of sp³-hybridized carbons (Fsp3) is 0.0833. The third-order valence-corrected chi connectivity index (χ3v) is 4.82. The van der Waals surface area contributed by atoms with Crippen LogP contribution >= 0.6 is 11.6 Å². The minimum Gasteiger partial charge on any atom is -0.496 e. The standard InChI is InChI=1S/C24H18ClFN2O2/c1-30-23-13-16(10-11-18(23)14-17-6-2-3-7-20(17)25)12-19(15-27)24(29)28-22-9-5-4-8-21(22)26/h2-13H,14H2,1H3,(H,28,29)/b19-12+. The molecule has 1 N–H and O–H groups in total. The molecule has 150 valence electrons. The van der Waals surface area contributed by atoms with Gasteiger partial charge in [-0.3, -0.25) is 4.79 Å². The second kappa shape index (κ2) is 9.73. The largest absolute Gasteiger partial charge is 0.496 e. The first-order valence-electron chi connectivity index (χ1n) is 9.10. The molecule has 0 atom stereocenters. The number of ether oxygens (including phenoxy) is 1. The summed E-state index contributed by atoms with van der Waals surface area (Å²) in [6, 6.07) is 20.5. The summed E-state index contributed by atoms with van der Waals surface area (Å²) in [4.78, 5) is 12.4. The lowest BCUT2D eigenvalue weighted by Crippen LogP contribution is -2.14. The van der Waals surface area contributed by atoms with Crippen molar-refractivity contribution in [3.8, 4) is 11.8 Å². The summed E-state index contributed by atoms with van der Waals surface area (Å²) in [5, 5.41) is 12.5. The average molecular weight is 421 g/mol. The van der Waals surface area contributed by atoms with E-state index in [-0.39, 0.29) is 11.3 Å². The highest BCUT2D eigenvalue weighted by Crippen LogP contribution is 2.27. The van der Waals surface area contributed by atoms with E-state index < -0.39 is 11.7 Å². The number of carbonyl (C=O) groups is 1. The molecule has 4 nitrogen and oxygen atoms in total. The number of carbonyl (C=O) groups excluding carboxylic acids is 1. The summed E-state index contributed by atoms with van der Waals surface area (Å²) in [5.41, 5.74) is 2.34. The number of amides is 1. The molecule has 0 saturated carbocycles. The van der Waals surface area contributed by atoms with Crippen LogP contribution in [0.1, 0.15) is 16.7 Å². The molecule has 0 unspecified atom stereocenters. The maximum Gasteiger partial charge on any atom is 0.266 e. The fourth-order valence-electron chi connectivity index (χ4n) is 2.91. The van der Waals surface area contributed by atoms with Crippen LogP contribution in [0.15, 0.2) is 72.3 Å². The maximum atomic E-state index is 13.8. The Morgan fingerprint density at radius 2 is 1.87 bits per heavy atom. The molecule has 6 heteroatoms. The normalized spacial score (nSPS) is 10.9. The van der Waals surface area contributed by atoms with Crippen LogP contribution < -0.4 is 10.1 Å². The van der Waals surface area contributed by atoms with Gasteiger partial charge in [0, 0.05) is 11.4 Å². The Kier molecular flexibility index (Phi) is 6.84. The number of anilines is 1. The van der Waals surface area contributed by atoms with Crippen molar-refractivity contribution >= 4 is 29.3 Å². The summed E-state index contributed by atoms with van der Waals surface area (Å²) in [7, 11) is 1.55. The predicted molar refractivity (Wildman–Crippen MR) is 116 cm³/mol. The molecule has 0 aliphatic rings. The van der Waals surface area contributed by atoms with Gasteiger partial charge in [-0.1, -0.05) is 54.1 Å². The monoisotopic (exact) mass is 420 g/mol. The van der Waals surface area contributed by atoms with Gasteiger partial charge in [0.15, 0.2) is 0 Å². The van der Waals surface area contributed by atoms with Crippen LogP contribution in [-0.2, 0) is 11.2 Å². The maximum absolute atomic E-state index is 13.8. The summed E-state index contributed by atoms with van der Waals surface area (Å²) < 4.78 is 19.2. The number of hydrogen-bond donors (Lipinski definition) is 1. The smallest absolute Gasteiger partial charge is 0.266 e. The van der Waals surface area contributed by atoms with Crippen molar-refractivity contribution in [3.63, 3.8) is 0 Å². The molecule has 0 aromatic heterocycles. The van der Waals surface area contributed by atoms with Crippen molar-refractivity contribution in [2.24, 2.45) is 0 Å². The van der Waals surface area contributed by atoms with E-state index in [0.717, 1.165) is 11.1 Å². The molecule has 0 aliphatic heterocycles. The van der Waals surface area contributed by atoms with Crippen LogP contribution in [0.3, 0.4) is 0 Å². The van der Waals surface area contributed by atoms with E-state index >= 15 is 0 Å². The first-order chi connectivity index (χ1) is 14.5. The van der Waals surface area contributed by atoms with Crippen molar-refractivity contribution in [1.29, 1.82) is 5.26 Å². The van der Waals surface area contributed by atoms with E-state index in [1.54, 1.807) is 25.3 Å². The molecular formula is C24H18ClFN2O2. The van der Waals surface area contributed by atoms with Crippen molar-refractivity contribution in [2.75, 3.05) is 12.4 Å². The van der Waals surface area contributed by atoms with Crippen molar-refractivity contribution < 1.29 is 13.9 Å². The zero-order valence-corrected chi connectivity index (χ0v) is 16.9. The minimum absolute atomic E-state index is 0.0105. The van der Waals surface area contributed by atoms with E-state index in [1.165, 1.54) is 24.3 Å². The molecule has 0 spiro atoms. The summed E-state index contributed by atoms with van der Waals surface area (Å²) in [5.74, 6) is -0.661. The van der Waals surface area contributed by atoms with Gasteiger partial charge in [0.05, 0.1) is 12.8 Å². The number of nitriles is 1. The van der Waals surface area contributed by atoms with Crippen LogP contribution in [0.2, 0.25) is 5.02 Å². The Hall–Kier alpha value is -3.62.